The first-order valence-electron chi connectivity index (χ1n) is 14.0. The molecule has 0 radical (unpaired) electrons. The number of carbonyl (C=O) groups is 2. The lowest BCUT2D eigenvalue weighted by molar-refractivity contribution is -0.141. The number of amides is 2. The van der Waals surface area contributed by atoms with E-state index in [2.05, 4.69) is 21.2 Å². The van der Waals surface area contributed by atoms with Gasteiger partial charge in [0.25, 0.3) is 0 Å². The van der Waals surface area contributed by atoms with Gasteiger partial charge in [0.1, 0.15) is 11.8 Å². The standard InChI is InChI=1S/C32H40BrN3O5S/c1-5-24(2)34-32(38)30(22-25-11-7-6-8-12-25)35(23-26-13-9-14-27(33)21-26)31(37)15-10-20-36(42(4,39)40)28-16-18-29(41-3)19-17-28/h6-9,11-14,16-19,21,24,30H,5,10,15,20,22-23H2,1-4H3,(H,34,38)/t24-,30-/m1/s1. The smallest absolute Gasteiger partial charge is 0.243 e. The summed E-state index contributed by atoms with van der Waals surface area (Å²) < 4.78 is 32.6. The van der Waals surface area contributed by atoms with Crippen LogP contribution in [0.3, 0.4) is 0 Å². The number of nitrogens with one attached hydrogen (secondary N) is 1. The quantitative estimate of drug-likeness (QED) is 0.231. The highest BCUT2D eigenvalue weighted by Crippen LogP contribution is 2.23. The van der Waals surface area contributed by atoms with Crippen molar-refractivity contribution >= 4 is 43.5 Å². The molecule has 3 aromatic rings. The molecule has 1 N–H and O–H groups in total. The summed E-state index contributed by atoms with van der Waals surface area (Å²) in [4.78, 5) is 29.2. The second kappa shape index (κ2) is 15.7. The van der Waals surface area contributed by atoms with Gasteiger partial charge < -0.3 is 15.0 Å². The summed E-state index contributed by atoms with van der Waals surface area (Å²) in [6.45, 7) is 4.29. The molecule has 0 heterocycles. The molecule has 0 aliphatic carbocycles. The topological polar surface area (TPSA) is 96.0 Å². The Morgan fingerprint density at radius 3 is 2.24 bits per heavy atom. The van der Waals surface area contributed by atoms with Crippen molar-refractivity contribution < 1.29 is 22.7 Å². The van der Waals surface area contributed by atoms with Gasteiger partial charge in [-0.2, -0.15) is 0 Å². The van der Waals surface area contributed by atoms with Crippen LogP contribution in [-0.2, 0) is 32.6 Å². The number of anilines is 1. The monoisotopic (exact) mass is 657 g/mol. The predicted molar refractivity (Wildman–Crippen MR) is 171 cm³/mol. The highest BCUT2D eigenvalue weighted by atomic mass is 79.9. The minimum atomic E-state index is -3.60. The van der Waals surface area contributed by atoms with Gasteiger partial charge in [0.15, 0.2) is 0 Å². The van der Waals surface area contributed by atoms with Gasteiger partial charge in [0.2, 0.25) is 21.8 Å². The van der Waals surface area contributed by atoms with Crippen molar-refractivity contribution in [2.24, 2.45) is 0 Å². The molecule has 3 aromatic carbocycles. The molecular weight excluding hydrogens is 618 g/mol. The Morgan fingerprint density at radius 1 is 0.976 bits per heavy atom. The zero-order valence-corrected chi connectivity index (χ0v) is 27.0. The molecule has 226 valence electrons. The number of benzene rings is 3. The summed E-state index contributed by atoms with van der Waals surface area (Å²) in [6, 6.07) is 23.2. The van der Waals surface area contributed by atoms with Crippen molar-refractivity contribution in [2.75, 3.05) is 24.2 Å². The Labute approximate surface area is 258 Å². The minimum absolute atomic E-state index is 0.0496. The molecule has 0 bridgehead atoms. The van der Waals surface area contributed by atoms with E-state index in [9.17, 15) is 18.0 Å². The lowest BCUT2D eigenvalue weighted by Gasteiger charge is -2.32. The first-order valence-corrected chi connectivity index (χ1v) is 16.7. The molecule has 0 aliphatic heterocycles. The van der Waals surface area contributed by atoms with Gasteiger partial charge in [-0.05, 0) is 67.3 Å². The van der Waals surface area contributed by atoms with Crippen molar-refractivity contribution in [3.63, 3.8) is 0 Å². The number of nitrogens with zero attached hydrogens (tertiary/aromatic N) is 2. The van der Waals surface area contributed by atoms with E-state index in [1.165, 1.54) is 4.31 Å². The molecule has 0 saturated carbocycles. The summed E-state index contributed by atoms with van der Waals surface area (Å²) >= 11 is 3.51. The largest absolute Gasteiger partial charge is 0.497 e. The molecular formula is C32H40BrN3O5S. The van der Waals surface area contributed by atoms with Gasteiger partial charge in [-0.3, -0.25) is 13.9 Å². The number of rotatable bonds is 15. The minimum Gasteiger partial charge on any atom is -0.497 e. The van der Waals surface area contributed by atoms with Crippen LogP contribution in [-0.4, -0.2) is 57.1 Å². The third-order valence-electron chi connectivity index (χ3n) is 7.03. The number of ether oxygens (including phenoxy) is 1. The Balaban J connectivity index is 1.88. The van der Waals surface area contributed by atoms with Gasteiger partial charge >= 0.3 is 0 Å². The second-order valence-corrected chi connectivity index (χ2v) is 13.1. The Morgan fingerprint density at radius 2 is 1.64 bits per heavy atom. The molecule has 0 saturated heterocycles. The molecule has 2 atom stereocenters. The summed E-state index contributed by atoms with van der Waals surface area (Å²) in [5, 5.41) is 3.07. The molecule has 0 aromatic heterocycles. The van der Waals surface area contributed by atoms with Crippen LogP contribution in [0.25, 0.3) is 0 Å². The fourth-order valence-corrected chi connectivity index (χ4v) is 5.99. The van der Waals surface area contributed by atoms with Crippen LogP contribution < -0.4 is 14.4 Å². The van der Waals surface area contributed by atoms with E-state index in [4.69, 9.17) is 4.74 Å². The van der Waals surface area contributed by atoms with Crippen LogP contribution >= 0.6 is 15.9 Å². The number of methoxy groups -OCH3 is 1. The maximum Gasteiger partial charge on any atom is 0.243 e. The van der Waals surface area contributed by atoms with E-state index in [0.717, 1.165) is 28.3 Å². The predicted octanol–water partition coefficient (Wildman–Crippen LogP) is 5.56. The van der Waals surface area contributed by atoms with Crippen LogP contribution in [0.5, 0.6) is 5.75 Å². The summed E-state index contributed by atoms with van der Waals surface area (Å²) in [5.74, 6) is 0.177. The maximum absolute atomic E-state index is 13.9. The van der Waals surface area contributed by atoms with E-state index >= 15 is 0 Å². The summed E-state index contributed by atoms with van der Waals surface area (Å²) in [5.41, 5.74) is 2.31. The first kappa shape index (κ1) is 33.1. The lowest BCUT2D eigenvalue weighted by atomic mass is 10.0. The van der Waals surface area contributed by atoms with Crippen LogP contribution in [0.2, 0.25) is 0 Å². The number of sulfonamides is 1. The van der Waals surface area contributed by atoms with Gasteiger partial charge in [0.05, 0.1) is 19.1 Å². The molecule has 3 rings (SSSR count). The van der Waals surface area contributed by atoms with Crippen LogP contribution in [0.15, 0.2) is 83.3 Å². The van der Waals surface area contributed by atoms with Gasteiger partial charge in [0, 0.05) is 36.4 Å². The molecule has 2 amide bonds. The van der Waals surface area contributed by atoms with Crippen molar-refractivity contribution in [1.82, 2.24) is 10.2 Å². The van der Waals surface area contributed by atoms with E-state index in [1.54, 1.807) is 36.3 Å². The Bertz CT molecular complexity index is 1420. The molecule has 0 aliphatic rings. The average Bonchev–Trinajstić information content (AvgIpc) is 2.97. The Hall–Kier alpha value is -3.37. The van der Waals surface area contributed by atoms with Gasteiger partial charge in [-0.15, -0.1) is 0 Å². The van der Waals surface area contributed by atoms with E-state index in [0.29, 0.717) is 17.9 Å². The average molecular weight is 659 g/mol. The number of halogens is 1. The van der Waals surface area contributed by atoms with E-state index in [-0.39, 0.29) is 43.8 Å². The molecule has 10 heteroatoms. The molecule has 0 unspecified atom stereocenters. The third kappa shape index (κ3) is 9.87. The van der Waals surface area contributed by atoms with Crippen molar-refractivity contribution in [2.45, 2.75) is 58.2 Å². The normalized spacial score (nSPS) is 12.7. The molecule has 42 heavy (non-hydrogen) atoms. The maximum atomic E-state index is 13.9. The fraction of sp³-hybridized carbons (Fsp3) is 0.375. The zero-order valence-electron chi connectivity index (χ0n) is 24.6. The summed E-state index contributed by atoms with van der Waals surface area (Å²) in [6.07, 6.45) is 2.60. The third-order valence-corrected chi connectivity index (χ3v) is 8.71. The van der Waals surface area contributed by atoms with Crippen LogP contribution in [0.4, 0.5) is 5.69 Å². The first-order chi connectivity index (χ1) is 20.0. The van der Waals surface area contributed by atoms with Crippen LogP contribution in [0.1, 0.15) is 44.2 Å². The lowest BCUT2D eigenvalue weighted by Crippen LogP contribution is -2.52. The fourth-order valence-electron chi connectivity index (χ4n) is 4.58. The van der Waals surface area contributed by atoms with Gasteiger partial charge in [-0.1, -0.05) is 65.3 Å². The molecule has 0 spiro atoms. The van der Waals surface area contributed by atoms with Crippen LogP contribution in [0, 0.1) is 0 Å². The number of carbonyl (C=O) groups excluding carboxylic acids is 2. The van der Waals surface area contributed by atoms with Gasteiger partial charge in [-0.25, -0.2) is 8.42 Å². The van der Waals surface area contributed by atoms with E-state index in [1.807, 2.05) is 68.4 Å². The highest BCUT2D eigenvalue weighted by molar-refractivity contribution is 9.10. The molecule has 8 nitrogen and oxygen atoms in total. The van der Waals surface area contributed by atoms with E-state index < -0.39 is 16.1 Å². The summed E-state index contributed by atoms with van der Waals surface area (Å²) in [7, 11) is -2.05. The van der Waals surface area contributed by atoms with Crippen molar-refractivity contribution in [1.29, 1.82) is 0 Å². The highest BCUT2D eigenvalue weighted by Gasteiger charge is 2.31. The second-order valence-electron chi connectivity index (χ2n) is 10.3. The number of hydrogen-bond acceptors (Lipinski definition) is 5. The molecule has 0 fully saturated rings. The van der Waals surface area contributed by atoms with Crippen molar-refractivity contribution in [3.8, 4) is 5.75 Å². The zero-order chi connectivity index (χ0) is 30.7. The van der Waals surface area contributed by atoms with Crippen molar-refractivity contribution in [3.05, 3.63) is 94.5 Å². The number of hydrogen-bond donors (Lipinski definition) is 1. The SMILES string of the molecule is CC[C@@H](C)NC(=O)[C@@H](Cc1ccccc1)N(Cc1cccc(Br)c1)C(=O)CCCN(c1ccc(OC)cc1)S(C)(=O)=O. The Kier molecular flexibility index (Phi) is 12.4.